The molecule has 1 aromatic carbocycles. The number of aromatic nitrogens is 4. The third-order valence-electron chi connectivity index (χ3n) is 2.77. The number of nitriles is 1. The summed E-state index contributed by atoms with van der Waals surface area (Å²) in [5, 5.41) is 8.91. The van der Waals surface area contributed by atoms with Crippen molar-refractivity contribution in [2.45, 2.75) is 6.42 Å². The van der Waals surface area contributed by atoms with Gasteiger partial charge in [0.05, 0.1) is 23.5 Å². The fourth-order valence-electron chi connectivity index (χ4n) is 2.00. The molecular weight excluding hydrogens is 240 g/mol. The van der Waals surface area contributed by atoms with Crippen LogP contribution in [0.3, 0.4) is 0 Å². The maximum Gasteiger partial charge on any atom is 0.144 e. The summed E-state index contributed by atoms with van der Waals surface area (Å²) in [6, 6.07) is 11.4. The van der Waals surface area contributed by atoms with Crippen molar-refractivity contribution >= 4 is 16.9 Å². The van der Waals surface area contributed by atoms with Gasteiger partial charge in [0, 0.05) is 6.07 Å². The molecule has 0 amide bonds. The first kappa shape index (κ1) is 11.2. The molecule has 19 heavy (non-hydrogen) atoms. The number of fused-ring (bicyclic) bond motifs is 1. The number of nitrogens with two attached hydrogens (primary N) is 1. The van der Waals surface area contributed by atoms with Crippen molar-refractivity contribution in [3.8, 4) is 11.9 Å². The number of nitrogens with zero attached hydrogens (tertiary/aromatic N) is 5. The second kappa shape index (κ2) is 4.38. The van der Waals surface area contributed by atoms with Gasteiger partial charge in [-0.25, -0.2) is 15.0 Å². The number of imidazole rings is 1. The average Bonchev–Trinajstić information content (AvgIpc) is 2.77. The molecule has 6 heteroatoms. The van der Waals surface area contributed by atoms with E-state index in [9.17, 15) is 0 Å². The molecule has 0 aliphatic heterocycles. The topological polar surface area (TPSA) is 93.4 Å². The van der Waals surface area contributed by atoms with E-state index in [1.54, 1.807) is 6.07 Å². The van der Waals surface area contributed by atoms with Gasteiger partial charge in [-0.15, -0.1) is 0 Å². The van der Waals surface area contributed by atoms with E-state index in [0.29, 0.717) is 17.5 Å². The lowest BCUT2D eigenvalue weighted by Crippen LogP contribution is -2.04. The van der Waals surface area contributed by atoms with Gasteiger partial charge >= 0.3 is 0 Å². The number of anilines is 1. The molecule has 0 fully saturated rings. The molecule has 2 heterocycles. The van der Waals surface area contributed by atoms with E-state index in [0.717, 1.165) is 11.0 Å². The van der Waals surface area contributed by atoms with Crippen LogP contribution >= 0.6 is 0 Å². The highest BCUT2D eigenvalue weighted by atomic mass is 15.1. The summed E-state index contributed by atoms with van der Waals surface area (Å²) >= 11 is 0. The van der Waals surface area contributed by atoms with E-state index in [-0.39, 0.29) is 6.42 Å². The van der Waals surface area contributed by atoms with Crippen molar-refractivity contribution in [2.24, 2.45) is 0 Å². The van der Waals surface area contributed by atoms with Crippen molar-refractivity contribution in [2.75, 3.05) is 5.73 Å². The summed E-state index contributed by atoms with van der Waals surface area (Å²) in [7, 11) is 0. The van der Waals surface area contributed by atoms with Gasteiger partial charge in [-0.1, -0.05) is 12.1 Å². The first-order valence-corrected chi connectivity index (χ1v) is 5.71. The minimum atomic E-state index is 0.207. The van der Waals surface area contributed by atoms with Crippen molar-refractivity contribution in [1.29, 1.82) is 5.26 Å². The zero-order chi connectivity index (χ0) is 13.2. The van der Waals surface area contributed by atoms with Gasteiger partial charge in [0.2, 0.25) is 0 Å². The monoisotopic (exact) mass is 250 g/mol. The molecule has 0 unspecified atom stereocenters. The molecule has 0 aliphatic carbocycles. The normalized spacial score (nSPS) is 10.5. The van der Waals surface area contributed by atoms with Crippen LogP contribution in [0.2, 0.25) is 0 Å². The molecule has 0 bridgehead atoms. The van der Waals surface area contributed by atoms with Crippen molar-refractivity contribution in [3.05, 3.63) is 42.5 Å². The molecule has 3 rings (SSSR count). The standard InChI is InChI=1S/C13H10N6/c14-6-5-12-18-9-3-1-2-4-10(9)19(12)13-7-11(15)16-8-17-13/h1-4,7-8H,5H2,(H2,15,16,17). The van der Waals surface area contributed by atoms with Crippen LogP contribution in [0.25, 0.3) is 16.9 Å². The van der Waals surface area contributed by atoms with E-state index < -0.39 is 0 Å². The molecule has 2 N–H and O–H groups in total. The molecule has 0 atom stereocenters. The number of hydrogen-bond donors (Lipinski definition) is 1. The Hall–Kier alpha value is -2.94. The van der Waals surface area contributed by atoms with E-state index in [1.807, 2.05) is 28.8 Å². The van der Waals surface area contributed by atoms with Crippen LogP contribution < -0.4 is 5.73 Å². The molecule has 0 saturated heterocycles. The Morgan fingerprint density at radius 2 is 2.11 bits per heavy atom. The lowest BCUT2D eigenvalue weighted by atomic mass is 10.3. The summed E-state index contributed by atoms with van der Waals surface area (Å²) in [6.07, 6.45) is 1.61. The Balaban J connectivity index is 2.31. The quantitative estimate of drug-likeness (QED) is 0.743. The van der Waals surface area contributed by atoms with E-state index >= 15 is 0 Å². The molecule has 6 nitrogen and oxygen atoms in total. The van der Waals surface area contributed by atoms with Crippen molar-refractivity contribution in [3.63, 3.8) is 0 Å². The summed E-state index contributed by atoms with van der Waals surface area (Å²) in [5.74, 6) is 1.64. The Bertz CT molecular complexity index is 783. The fourth-order valence-corrected chi connectivity index (χ4v) is 2.00. The minimum absolute atomic E-state index is 0.207. The van der Waals surface area contributed by atoms with Gasteiger partial charge < -0.3 is 5.73 Å². The maximum absolute atomic E-state index is 8.91. The van der Waals surface area contributed by atoms with Crippen molar-refractivity contribution in [1.82, 2.24) is 19.5 Å². The zero-order valence-corrected chi connectivity index (χ0v) is 9.98. The lowest BCUT2D eigenvalue weighted by Gasteiger charge is -2.06. The number of hydrogen-bond acceptors (Lipinski definition) is 5. The highest BCUT2D eigenvalue weighted by molar-refractivity contribution is 5.78. The van der Waals surface area contributed by atoms with Gasteiger partial charge in [-0.3, -0.25) is 4.57 Å². The summed E-state index contributed by atoms with van der Waals surface area (Å²) < 4.78 is 1.83. The van der Waals surface area contributed by atoms with Gasteiger partial charge in [0.25, 0.3) is 0 Å². The maximum atomic E-state index is 8.91. The Morgan fingerprint density at radius 3 is 2.89 bits per heavy atom. The molecule has 92 valence electrons. The largest absolute Gasteiger partial charge is 0.384 e. The molecule has 0 saturated carbocycles. The number of rotatable bonds is 2. The average molecular weight is 250 g/mol. The zero-order valence-electron chi connectivity index (χ0n) is 9.98. The smallest absolute Gasteiger partial charge is 0.144 e. The molecular formula is C13H10N6. The Morgan fingerprint density at radius 1 is 1.26 bits per heavy atom. The lowest BCUT2D eigenvalue weighted by molar-refractivity contribution is 0.913. The van der Waals surface area contributed by atoms with Crippen LogP contribution in [0.1, 0.15) is 5.82 Å². The highest BCUT2D eigenvalue weighted by Crippen LogP contribution is 2.20. The molecule has 3 aromatic rings. The first-order chi connectivity index (χ1) is 9.29. The predicted octanol–water partition coefficient (Wildman–Crippen LogP) is 1.46. The third kappa shape index (κ3) is 1.87. The second-order valence-corrected chi connectivity index (χ2v) is 3.99. The highest BCUT2D eigenvalue weighted by Gasteiger charge is 2.12. The summed E-state index contributed by atoms with van der Waals surface area (Å²) in [5.41, 5.74) is 7.40. The van der Waals surface area contributed by atoms with E-state index in [1.165, 1.54) is 6.33 Å². The van der Waals surface area contributed by atoms with Crippen LogP contribution in [-0.4, -0.2) is 19.5 Å². The van der Waals surface area contributed by atoms with Crippen molar-refractivity contribution < 1.29 is 0 Å². The van der Waals surface area contributed by atoms with Gasteiger partial charge in [-0.05, 0) is 12.1 Å². The molecule has 0 spiro atoms. The summed E-state index contributed by atoms with van der Waals surface area (Å²) in [4.78, 5) is 12.5. The molecule has 0 radical (unpaired) electrons. The third-order valence-corrected chi connectivity index (χ3v) is 2.77. The minimum Gasteiger partial charge on any atom is -0.384 e. The van der Waals surface area contributed by atoms with Gasteiger partial charge in [0.15, 0.2) is 0 Å². The van der Waals surface area contributed by atoms with Gasteiger partial charge in [-0.2, -0.15) is 5.26 Å². The number of nitrogen functional groups attached to an aromatic ring is 1. The van der Waals surface area contributed by atoms with E-state index in [4.69, 9.17) is 11.0 Å². The van der Waals surface area contributed by atoms with Crippen LogP contribution in [0.5, 0.6) is 0 Å². The van der Waals surface area contributed by atoms with Crippen LogP contribution in [0.15, 0.2) is 36.7 Å². The fraction of sp³-hybridized carbons (Fsp3) is 0.0769. The summed E-state index contributed by atoms with van der Waals surface area (Å²) in [6.45, 7) is 0. The first-order valence-electron chi connectivity index (χ1n) is 5.71. The number of para-hydroxylation sites is 2. The molecule has 0 aliphatic rings. The van der Waals surface area contributed by atoms with Crippen LogP contribution in [0.4, 0.5) is 5.82 Å². The Kier molecular flexibility index (Phi) is 2.58. The Labute approximate surface area is 109 Å². The van der Waals surface area contributed by atoms with E-state index in [2.05, 4.69) is 21.0 Å². The predicted molar refractivity (Wildman–Crippen MR) is 70.4 cm³/mol. The van der Waals surface area contributed by atoms with Crippen LogP contribution in [0, 0.1) is 11.3 Å². The van der Waals surface area contributed by atoms with Crippen LogP contribution in [-0.2, 0) is 6.42 Å². The molecule has 2 aromatic heterocycles. The SMILES string of the molecule is N#CCc1nc2ccccc2n1-c1cc(N)ncn1. The second-order valence-electron chi connectivity index (χ2n) is 3.99. The number of benzene rings is 1. The van der Waals surface area contributed by atoms with Gasteiger partial charge in [0.1, 0.15) is 23.8 Å².